The molecule has 0 saturated heterocycles. The number of rotatable bonds is 3. The first-order valence-electron chi connectivity index (χ1n) is 7.88. The highest BCUT2D eigenvalue weighted by atomic mass is 16.3. The highest BCUT2D eigenvalue weighted by molar-refractivity contribution is 5.57. The van der Waals surface area contributed by atoms with Gasteiger partial charge < -0.3 is 14.6 Å². The van der Waals surface area contributed by atoms with E-state index in [0.29, 0.717) is 6.42 Å². The molecule has 3 nitrogen and oxygen atoms in total. The fourth-order valence-corrected chi connectivity index (χ4v) is 2.90. The average Bonchev–Trinajstić information content (AvgIpc) is 2.76. The molecule has 2 N–H and O–H groups in total. The molecule has 1 aliphatic carbocycles. The monoisotopic (exact) mass is 278 g/mol. The summed E-state index contributed by atoms with van der Waals surface area (Å²) < 4.78 is 5.90. The van der Waals surface area contributed by atoms with Gasteiger partial charge in [-0.3, -0.25) is 0 Å². The van der Waals surface area contributed by atoms with Gasteiger partial charge in [0.1, 0.15) is 11.5 Å². The van der Waals surface area contributed by atoms with E-state index in [-0.39, 0.29) is 13.2 Å². The van der Waals surface area contributed by atoms with Crippen molar-refractivity contribution >= 4 is 6.08 Å². The third-order valence-electron chi connectivity index (χ3n) is 4.01. The minimum atomic E-state index is -0.0154. The van der Waals surface area contributed by atoms with Crippen molar-refractivity contribution in [2.75, 3.05) is 6.61 Å². The maximum Gasteiger partial charge on any atom is 0.112 e. The first kappa shape index (κ1) is 15.3. The van der Waals surface area contributed by atoms with Crippen molar-refractivity contribution in [1.82, 2.24) is 0 Å². The van der Waals surface area contributed by atoms with Crippen LogP contribution in [0.15, 0.2) is 10.5 Å². The van der Waals surface area contributed by atoms with E-state index < -0.39 is 0 Å². The molecule has 0 aliphatic heterocycles. The smallest absolute Gasteiger partial charge is 0.112 e. The second kappa shape index (κ2) is 8.28. The Morgan fingerprint density at radius 3 is 2.50 bits per heavy atom. The zero-order valence-corrected chi connectivity index (χ0v) is 12.2. The topological polar surface area (TPSA) is 53.6 Å². The molecule has 0 amide bonds. The van der Waals surface area contributed by atoms with E-state index in [1.165, 1.54) is 32.1 Å². The van der Waals surface area contributed by atoms with E-state index in [9.17, 15) is 5.11 Å². The molecule has 1 heterocycles. The zero-order valence-electron chi connectivity index (χ0n) is 12.2. The number of furan rings is 1. The van der Waals surface area contributed by atoms with Crippen molar-refractivity contribution in [3.8, 4) is 0 Å². The van der Waals surface area contributed by atoms with Gasteiger partial charge in [0.2, 0.25) is 0 Å². The summed E-state index contributed by atoms with van der Waals surface area (Å²) in [6, 6.07) is 0. The Morgan fingerprint density at radius 2 is 1.75 bits per heavy atom. The van der Waals surface area contributed by atoms with Crippen LogP contribution in [0.1, 0.15) is 67.6 Å². The molecule has 0 saturated carbocycles. The Kier molecular flexibility index (Phi) is 6.34. The standard InChI is InChI=1S/C17H26O3/c18-12-11-17-15(13-19)14-9-7-5-3-1-2-4-6-8-10-16(14)20-17/h7,9,18-19H,1-6,8,10-13H2/b9-7+. The fourth-order valence-electron chi connectivity index (χ4n) is 2.90. The molecule has 0 unspecified atom stereocenters. The Balaban J connectivity index is 2.25. The number of aliphatic hydroxyl groups excluding tert-OH is 2. The molecule has 0 fully saturated rings. The van der Waals surface area contributed by atoms with Crippen LogP contribution in [0, 0.1) is 0 Å². The molecule has 0 spiro atoms. The van der Waals surface area contributed by atoms with Gasteiger partial charge in [0, 0.05) is 24.0 Å². The summed E-state index contributed by atoms with van der Waals surface area (Å²) in [5.74, 6) is 1.73. The summed E-state index contributed by atoms with van der Waals surface area (Å²) in [5, 5.41) is 18.7. The minimum Gasteiger partial charge on any atom is -0.465 e. The molecular formula is C17H26O3. The first-order valence-corrected chi connectivity index (χ1v) is 7.88. The minimum absolute atomic E-state index is 0.0154. The second-order valence-electron chi connectivity index (χ2n) is 5.53. The fraction of sp³-hybridized carbons (Fsp3) is 0.647. The summed E-state index contributed by atoms with van der Waals surface area (Å²) in [6.45, 7) is 0.0433. The van der Waals surface area contributed by atoms with Crippen molar-refractivity contribution in [3.63, 3.8) is 0 Å². The Bertz CT molecular complexity index is 432. The highest BCUT2D eigenvalue weighted by Gasteiger charge is 2.17. The third kappa shape index (κ3) is 3.97. The van der Waals surface area contributed by atoms with Crippen molar-refractivity contribution in [1.29, 1.82) is 0 Å². The number of allylic oxidation sites excluding steroid dienone is 1. The van der Waals surface area contributed by atoms with Crippen molar-refractivity contribution < 1.29 is 14.6 Å². The van der Waals surface area contributed by atoms with Gasteiger partial charge in [-0.05, 0) is 19.3 Å². The first-order chi connectivity index (χ1) is 9.86. The van der Waals surface area contributed by atoms with Gasteiger partial charge in [0.15, 0.2) is 0 Å². The van der Waals surface area contributed by atoms with E-state index in [0.717, 1.165) is 41.9 Å². The van der Waals surface area contributed by atoms with E-state index in [1.54, 1.807) is 0 Å². The summed E-state index contributed by atoms with van der Waals surface area (Å²) >= 11 is 0. The molecule has 1 aliphatic rings. The summed E-state index contributed by atoms with van der Waals surface area (Å²) in [4.78, 5) is 0. The van der Waals surface area contributed by atoms with Gasteiger partial charge >= 0.3 is 0 Å². The summed E-state index contributed by atoms with van der Waals surface area (Å²) in [5.41, 5.74) is 1.92. The van der Waals surface area contributed by atoms with E-state index in [2.05, 4.69) is 12.2 Å². The Labute approximate surface area is 121 Å². The van der Waals surface area contributed by atoms with Crippen LogP contribution in [0.3, 0.4) is 0 Å². The predicted molar refractivity (Wildman–Crippen MR) is 80.5 cm³/mol. The average molecular weight is 278 g/mol. The molecule has 0 bridgehead atoms. The lowest BCUT2D eigenvalue weighted by Gasteiger charge is -2.04. The molecular weight excluding hydrogens is 252 g/mol. The molecule has 112 valence electrons. The lowest BCUT2D eigenvalue weighted by Crippen LogP contribution is -1.95. The van der Waals surface area contributed by atoms with Crippen LogP contribution in [0.2, 0.25) is 0 Å². The third-order valence-corrected chi connectivity index (χ3v) is 4.01. The molecule has 20 heavy (non-hydrogen) atoms. The second-order valence-corrected chi connectivity index (χ2v) is 5.53. The lowest BCUT2D eigenvalue weighted by atomic mass is 10.0. The molecule has 1 aromatic heterocycles. The van der Waals surface area contributed by atoms with Gasteiger partial charge in [-0.25, -0.2) is 0 Å². The van der Waals surface area contributed by atoms with Gasteiger partial charge in [-0.1, -0.05) is 37.8 Å². The van der Waals surface area contributed by atoms with Crippen molar-refractivity contribution in [3.05, 3.63) is 28.7 Å². The van der Waals surface area contributed by atoms with Crippen molar-refractivity contribution in [2.45, 2.75) is 64.4 Å². The molecule has 0 atom stereocenters. The van der Waals surface area contributed by atoms with Crippen LogP contribution in [0.25, 0.3) is 6.08 Å². The Morgan fingerprint density at radius 1 is 1.00 bits per heavy atom. The SMILES string of the molecule is OCCc1oc2c(c1CO)/C=C/CCCCCCCC2. The van der Waals surface area contributed by atoms with Crippen LogP contribution in [0.4, 0.5) is 0 Å². The predicted octanol–water partition coefficient (Wildman–Crippen LogP) is 3.61. The van der Waals surface area contributed by atoms with E-state index in [4.69, 9.17) is 9.52 Å². The largest absolute Gasteiger partial charge is 0.465 e. The molecule has 3 heteroatoms. The number of aryl methyl sites for hydroxylation is 1. The Hall–Kier alpha value is -1.06. The molecule has 0 aromatic carbocycles. The van der Waals surface area contributed by atoms with Crippen LogP contribution in [-0.4, -0.2) is 16.8 Å². The summed E-state index contributed by atoms with van der Waals surface area (Å²) in [7, 11) is 0. The lowest BCUT2D eigenvalue weighted by molar-refractivity contribution is 0.266. The van der Waals surface area contributed by atoms with Gasteiger partial charge in [-0.15, -0.1) is 0 Å². The summed E-state index contributed by atoms with van der Waals surface area (Å²) in [6.07, 6.45) is 14.4. The highest BCUT2D eigenvalue weighted by Crippen LogP contribution is 2.27. The van der Waals surface area contributed by atoms with Gasteiger partial charge in [0.25, 0.3) is 0 Å². The van der Waals surface area contributed by atoms with E-state index >= 15 is 0 Å². The number of fused-ring (bicyclic) bond motifs is 1. The molecule has 1 aromatic rings. The van der Waals surface area contributed by atoms with Crippen LogP contribution < -0.4 is 0 Å². The number of hydrogen-bond acceptors (Lipinski definition) is 3. The van der Waals surface area contributed by atoms with Crippen LogP contribution in [0.5, 0.6) is 0 Å². The normalized spacial score (nSPS) is 18.9. The number of hydrogen-bond donors (Lipinski definition) is 2. The molecule has 0 radical (unpaired) electrons. The van der Waals surface area contributed by atoms with E-state index in [1.807, 2.05) is 0 Å². The van der Waals surface area contributed by atoms with Gasteiger partial charge in [0.05, 0.1) is 13.2 Å². The number of aliphatic hydroxyl groups is 2. The van der Waals surface area contributed by atoms with Crippen molar-refractivity contribution in [2.24, 2.45) is 0 Å². The van der Waals surface area contributed by atoms with Gasteiger partial charge in [-0.2, -0.15) is 0 Å². The maximum absolute atomic E-state index is 9.60. The quantitative estimate of drug-likeness (QED) is 0.888. The molecule has 2 rings (SSSR count). The van der Waals surface area contributed by atoms with Crippen LogP contribution >= 0.6 is 0 Å². The van der Waals surface area contributed by atoms with Crippen LogP contribution in [-0.2, 0) is 19.4 Å². The maximum atomic E-state index is 9.60. The zero-order chi connectivity index (χ0) is 14.2.